The highest BCUT2D eigenvalue weighted by molar-refractivity contribution is 5.85. The average Bonchev–Trinajstić information content (AvgIpc) is 2.80. The third kappa shape index (κ3) is 3.84. The van der Waals surface area contributed by atoms with E-state index < -0.39 is 0 Å². The smallest absolute Gasteiger partial charge is 0.225 e. The molecule has 0 spiro atoms. The molecule has 0 saturated carbocycles. The second kappa shape index (κ2) is 6.73. The molecule has 2 aliphatic rings. The molecule has 2 fully saturated rings. The highest BCUT2D eigenvalue weighted by Gasteiger charge is 2.32. The molecule has 2 unspecified atom stereocenters. The van der Waals surface area contributed by atoms with E-state index in [-0.39, 0.29) is 29.6 Å². The van der Waals surface area contributed by atoms with E-state index in [1.165, 1.54) is 12.8 Å². The molecule has 0 aromatic carbocycles. The normalized spacial score (nSPS) is 30.6. The van der Waals surface area contributed by atoms with Gasteiger partial charge in [-0.25, -0.2) is 0 Å². The summed E-state index contributed by atoms with van der Waals surface area (Å²) in [5.41, 5.74) is 0.276. The Balaban J connectivity index is 0.00000162. The van der Waals surface area contributed by atoms with Gasteiger partial charge in [0, 0.05) is 19.2 Å². The number of amides is 1. The Morgan fingerprint density at radius 1 is 1.50 bits per heavy atom. The summed E-state index contributed by atoms with van der Waals surface area (Å²) < 4.78 is 5.23. The monoisotopic (exact) mass is 276 g/mol. The van der Waals surface area contributed by atoms with E-state index in [1.807, 2.05) is 0 Å². The van der Waals surface area contributed by atoms with Crippen LogP contribution in [-0.4, -0.2) is 38.3 Å². The summed E-state index contributed by atoms with van der Waals surface area (Å²) in [5, 5.41) is 6.58. The molecule has 18 heavy (non-hydrogen) atoms. The lowest BCUT2D eigenvalue weighted by molar-refractivity contribution is -0.125. The average molecular weight is 277 g/mol. The molecular formula is C13H25ClN2O2. The third-order valence-electron chi connectivity index (χ3n) is 4.11. The number of hydrogen-bond acceptors (Lipinski definition) is 3. The maximum absolute atomic E-state index is 11.9. The Labute approximate surface area is 116 Å². The van der Waals surface area contributed by atoms with E-state index in [1.54, 1.807) is 0 Å². The highest BCUT2D eigenvalue weighted by atomic mass is 35.5. The first-order valence-corrected chi connectivity index (χ1v) is 6.68. The summed E-state index contributed by atoms with van der Waals surface area (Å²) in [7, 11) is 0. The Hall–Kier alpha value is -0.320. The van der Waals surface area contributed by atoms with Crippen LogP contribution in [0.1, 0.15) is 33.1 Å². The van der Waals surface area contributed by atoms with Gasteiger partial charge in [-0.3, -0.25) is 4.79 Å². The molecule has 2 atom stereocenters. The number of ether oxygens (including phenoxy) is 1. The summed E-state index contributed by atoms with van der Waals surface area (Å²) >= 11 is 0. The fraction of sp³-hybridized carbons (Fsp3) is 0.923. The molecule has 2 rings (SSSR count). The first-order chi connectivity index (χ1) is 8.09. The van der Waals surface area contributed by atoms with Crippen molar-refractivity contribution in [3.8, 4) is 0 Å². The van der Waals surface area contributed by atoms with E-state index in [4.69, 9.17) is 4.74 Å². The van der Waals surface area contributed by atoms with Gasteiger partial charge in [0.25, 0.3) is 0 Å². The predicted molar refractivity (Wildman–Crippen MR) is 74.0 cm³/mol. The molecule has 0 aromatic rings. The van der Waals surface area contributed by atoms with Gasteiger partial charge in [-0.15, -0.1) is 12.4 Å². The van der Waals surface area contributed by atoms with Crippen molar-refractivity contribution in [1.82, 2.24) is 10.6 Å². The lowest BCUT2D eigenvalue weighted by Gasteiger charge is -2.39. The van der Waals surface area contributed by atoms with Crippen molar-refractivity contribution in [1.29, 1.82) is 0 Å². The predicted octanol–water partition coefficient (Wildman–Crippen LogP) is 1.34. The van der Waals surface area contributed by atoms with Crippen LogP contribution in [0.2, 0.25) is 0 Å². The van der Waals surface area contributed by atoms with Gasteiger partial charge in [0.05, 0.1) is 12.5 Å². The van der Waals surface area contributed by atoms with Crippen LogP contribution in [0, 0.1) is 11.3 Å². The van der Waals surface area contributed by atoms with E-state index >= 15 is 0 Å². The summed E-state index contributed by atoms with van der Waals surface area (Å²) in [6.45, 7) is 7.67. The summed E-state index contributed by atoms with van der Waals surface area (Å²) in [5.74, 6) is 0.229. The third-order valence-corrected chi connectivity index (χ3v) is 4.11. The van der Waals surface area contributed by atoms with Crippen LogP contribution in [0.25, 0.3) is 0 Å². The summed E-state index contributed by atoms with van der Waals surface area (Å²) in [4.78, 5) is 11.9. The fourth-order valence-electron chi connectivity index (χ4n) is 2.71. The molecule has 0 radical (unpaired) electrons. The lowest BCUT2D eigenvalue weighted by atomic mass is 9.77. The number of halogens is 1. The first kappa shape index (κ1) is 15.7. The Kier molecular flexibility index (Phi) is 5.89. The number of hydrogen-bond donors (Lipinski definition) is 2. The maximum atomic E-state index is 11.9. The minimum absolute atomic E-state index is 0. The Bertz CT molecular complexity index is 278. The van der Waals surface area contributed by atoms with Crippen LogP contribution in [0.3, 0.4) is 0 Å². The van der Waals surface area contributed by atoms with Crippen molar-refractivity contribution < 1.29 is 9.53 Å². The Morgan fingerprint density at radius 2 is 2.28 bits per heavy atom. The molecule has 0 aromatic heterocycles. The number of carbonyl (C=O) groups is 1. The van der Waals surface area contributed by atoms with Gasteiger partial charge in [0.1, 0.15) is 0 Å². The lowest BCUT2D eigenvalue weighted by Crippen LogP contribution is -2.53. The molecular weight excluding hydrogens is 252 g/mol. The van der Waals surface area contributed by atoms with Crippen LogP contribution >= 0.6 is 12.4 Å². The summed E-state index contributed by atoms with van der Waals surface area (Å²) in [6.07, 6.45) is 3.33. The molecule has 0 aliphatic carbocycles. The number of piperidine rings is 1. The van der Waals surface area contributed by atoms with Gasteiger partial charge in [0.15, 0.2) is 0 Å². The fourth-order valence-corrected chi connectivity index (χ4v) is 2.71. The first-order valence-electron chi connectivity index (χ1n) is 6.68. The van der Waals surface area contributed by atoms with Crippen molar-refractivity contribution in [2.75, 3.05) is 26.3 Å². The van der Waals surface area contributed by atoms with Gasteiger partial charge in [-0.05, 0) is 31.2 Å². The van der Waals surface area contributed by atoms with Crippen LogP contribution in [0.5, 0.6) is 0 Å². The summed E-state index contributed by atoms with van der Waals surface area (Å²) in [6, 6.07) is 0.391. The van der Waals surface area contributed by atoms with E-state index in [2.05, 4.69) is 24.5 Å². The minimum Gasteiger partial charge on any atom is -0.381 e. The van der Waals surface area contributed by atoms with Crippen LogP contribution < -0.4 is 10.6 Å². The highest BCUT2D eigenvalue weighted by Crippen LogP contribution is 2.29. The number of nitrogens with one attached hydrogen (secondary N) is 2. The SMILES string of the molecule is CC1(C)CCCNC1CNC(=O)C1CCOC1.Cl. The largest absolute Gasteiger partial charge is 0.381 e. The zero-order valence-electron chi connectivity index (χ0n) is 11.3. The minimum atomic E-state index is 0. The van der Waals surface area contributed by atoms with Crippen molar-refractivity contribution in [3.05, 3.63) is 0 Å². The van der Waals surface area contributed by atoms with Crippen LogP contribution in [0.15, 0.2) is 0 Å². The van der Waals surface area contributed by atoms with Gasteiger partial charge in [-0.1, -0.05) is 13.8 Å². The Morgan fingerprint density at radius 3 is 2.89 bits per heavy atom. The van der Waals surface area contributed by atoms with Gasteiger partial charge >= 0.3 is 0 Å². The van der Waals surface area contributed by atoms with Crippen LogP contribution in [-0.2, 0) is 9.53 Å². The van der Waals surface area contributed by atoms with Gasteiger partial charge < -0.3 is 15.4 Å². The quantitative estimate of drug-likeness (QED) is 0.818. The molecule has 2 heterocycles. The van der Waals surface area contributed by atoms with E-state index in [0.29, 0.717) is 12.6 Å². The van der Waals surface area contributed by atoms with E-state index in [9.17, 15) is 4.79 Å². The standard InChI is InChI=1S/C13H24N2O2.ClH/c1-13(2)5-3-6-14-11(13)8-15-12(16)10-4-7-17-9-10;/h10-11,14H,3-9H2,1-2H3,(H,15,16);1H. The van der Waals surface area contributed by atoms with E-state index in [0.717, 1.165) is 26.1 Å². The van der Waals surface area contributed by atoms with Crippen molar-refractivity contribution >= 4 is 18.3 Å². The topological polar surface area (TPSA) is 50.4 Å². The van der Waals surface area contributed by atoms with Gasteiger partial charge in [0.2, 0.25) is 5.91 Å². The molecule has 4 nitrogen and oxygen atoms in total. The van der Waals surface area contributed by atoms with Gasteiger partial charge in [-0.2, -0.15) is 0 Å². The number of rotatable bonds is 3. The van der Waals surface area contributed by atoms with Crippen molar-refractivity contribution in [2.24, 2.45) is 11.3 Å². The van der Waals surface area contributed by atoms with Crippen LogP contribution in [0.4, 0.5) is 0 Å². The number of carbonyl (C=O) groups excluding carboxylic acids is 1. The second-order valence-corrected chi connectivity index (χ2v) is 5.90. The molecule has 2 aliphatic heterocycles. The van der Waals surface area contributed by atoms with Crippen molar-refractivity contribution in [2.45, 2.75) is 39.2 Å². The van der Waals surface area contributed by atoms with Crippen molar-refractivity contribution in [3.63, 3.8) is 0 Å². The maximum Gasteiger partial charge on any atom is 0.225 e. The zero-order chi connectivity index (χ0) is 12.3. The molecule has 1 amide bonds. The second-order valence-electron chi connectivity index (χ2n) is 5.90. The molecule has 0 bridgehead atoms. The zero-order valence-corrected chi connectivity index (χ0v) is 12.1. The molecule has 5 heteroatoms. The molecule has 2 saturated heterocycles. The molecule has 106 valence electrons. The molecule has 2 N–H and O–H groups in total.